The molecule has 162 valence electrons. The fourth-order valence-electron chi connectivity index (χ4n) is 2.93. The van der Waals surface area contributed by atoms with E-state index in [9.17, 15) is 9.59 Å². The van der Waals surface area contributed by atoms with Crippen molar-refractivity contribution in [1.29, 1.82) is 0 Å². The van der Waals surface area contributed by atoms with Crippen LogP contribution >= 0.6 is 15.9 Å². The Morgan fingerprint density at radius 1 is 1.21 bits per heavy atom. The van der Waals surface area contributed by atoms with Crippen LogP contribution in [0.25, 0.3) is 0 Å². The molecule has 1 fully saturated rings. The maximum Gasteiger partial charge on any atom is 0.407 e. The SMILES string of the molecule is CC(C)(C)OC(=O)N[C@@H](CC(=O)OCCN1CCOCC1)Cc1ccc(Br)cc1. The molecule has 8 heteroatoms. The average molecular weight is 471 g/mol. The van der Waals surface area contributed by atoms with E-state index in [0.717, 1.165) is 23.1 Å². The summed E-state index contributed by atoms with van der Waals surface area (Å²) in [7, 11) is 0. The van der Waals surface area contributed by atoms with Gasteiger partial charge in [-0.05, 0) is 44.9 Å². The first-order chi connectivity index (χ1) is 13.7. The van der Waals surface area contributed by atoms with Crippen LogP contribution in [0.5, 0.6) is 0 Å². The molecule has 1 aromatic carbocycles. The largest absolute Gasteiger partial charge is 0.464 e. The molecule has 1 aliphatic rings. The third-order valence-corrected chi connectivity index (χ3v) is 4.83. The van der Waals surface area contributed by atoms with E-state index in [0.29, 0.717) is 32.8 Å². The van der Waals surface area contributed by atoms with Gasteiger partial charge in [0.15, 0.2) is 0 Å². The maximum absolute atomic E-state index is 12.3. The highest BCUT2D eigenvalue weighted by molar-refractivity contribution is 9.10. The number of esters is 1. The lowest BCUT2D eigenvalue weighted by Gasteiger charge is -2.26. The second-order valence-electron chi connectivity index (χ2n) is 8.05. The second kappa shape index (κ2) is 11.5. The van der Waals surface area contributed by atoms with Crippen molar-refractivity contribution >= 4 is 28.0 Å². The Bertz CT molecular complexity index is 654. The van der Waals surface area contributed by atoms with Crippen LogP contribution in [0.3, 0.4) is 0 Å². The topological polar surface area (TPSA) is 77.1 Å². The van der Waals surface area contributed by atoms with Gasteiger partial charge in [0.1, 0.15) is 12.2 Å². The van der Waals surface area contributed by atoms with Crippen molar-refractivity contribution < 1.29 is 23.8 Å². The standard InChI is InChI=1S/C21H31BrN2O5/c1-21(2,3)29-20(26)23-18(14-16-4-6-17(22)7-5-16)15-19(25)28-13-10-24-8-11-27-12-9-24/h4-7,18H,8-15H2,1-3H3,(H,23,26)/t18-/m1/s1. The first-order valence-corrected chi connectivity index (χ1v) is 10.7. The zero-order valence-corrected chi connectivity index (χ0v) is 19.0. The molecule has 2 rings (SSSR count). The summed E-state index contributed by atoms with van der Waals surface area (Å²) in [5, 5.41) is 2.81. The highest BCUT2D eigenvalue weighted by atomic mass is 79.9. The summed E-state index contributed by atoms with van der Waals surface area (Å²) in [5.41, 5.74) is 0.403. The summed E-state index contributed by atoms with van der Waals surface area (Å²) in [4.78, 5) is 26.7. The number of benzene rings is 1. The van der Waals surface area contributed by atoms with Gasteiger partial charge >= 0.3 is 12.1 Å². The summed E-state index contributed by atoms with van der Waals surface area (Å²) < 4.78 is 17.0. The summed E-state index contributed by atoms with van der Waals surface area (Å²) >= 11 is 3.41. The Kier molecular flexibility index (Phi) is 9.39. The summed E-state index contributed by atoms with van der Waals surface area (Å²) in [5.74, 6) is -0.337. The molecule has 1 atom stereocenters. The van der Waals surface area contributed by atoms with E-state index in [4.69, 9.17) is 14.2 Å². The Labute approximate surface area is 181 Å². The van der Waals surface area contributed by atoms with Crippen molar-refractivity contribution in [2.45, 2.75) is 45.3 Å². The molecule has 1 heterocycles. The van der Waals surface area contributed by atoms with Gasteiger partial charge < -0.3 is 19.5 Å². The van der Waals surface area contributed by atoms with Gasteiger partial charge in [0.25, 0.3) is 0 Å². The van der Waals surface area contributed by atoms with Gasteiger partial charge in [0.2, 0.25) is 0 Å². The lowest BCUT2D eigenvalue weighted by Crippen LogP contribution is -2.42. The van der Waals surface area contributed by atoms with Gasteiger partial charge in [0.05, 0.1) is 19.6 Å². The van der Waals surface area contributed by atoms with E-state index in [2.05, 4.69) is 26.1 Å². The number of rotatable bonds is 8. The molecule has 1 saturated heterocycles. The number of hydrogen-bond acceptors (Lipinski definition) is 6. The fraction of sp³-hybridized carbons (Fsp3) is 0.619. The summed E-state index contributed by atoms with van der Waals surface area (Å²) in [6.07, 6.45) is 0.0458. The molecule has 0 radical (unpaired) electrons. The number of hydrogen-bond donors (Lipinski definition) is 1. The van der Waals surface area contributed by atoms with Crippen LogP contribution < -0.4 is 5.32 Å². The zero-order valence-electron chi connectivity index (χ0n) is 17.4. The predicted octanol–water partition coefficient (Wildman–Crippen LogP) is 3.15. The van der Waals surface area contributed by atoms with E-state index in [-0.39, 0.29) is 12.4 Å². The Morgan fingerprint density at radius 2 is 1.86 bits per heavy atom. The highest BCUT2D eigenvalue weighted by Crippen LogP contribution is 2.14. The van der Waals surface area contributed by atoms with E-state index in [1.54, 1.807) is 20.8 Å². The number of ether oxygens (including phenoxy) is 3. The van der Waals surface area contributed by atoms with Crippen LogP contribution in [-0.4, -0.2) is 68.1 Å². The van der Waals surface area contributed by atoms with Crippen LogP contribution in [0.2, 0.25) is 0 Å². The first kappa shape index (κ1) is 23.6. The molecule has 29 heavy (non-hydrogen) atoms. The number of amides is 1. The number of carbonyl (C=O) groups is 2. The Hall–Kier alpha value is -1.64. The lowest BCUT2D eigenvalue weighted by atomic mass is 10.0. The fourth-order valence-corrected chi connectivity index (χ4v) is 3.19. The maximum atomic E-state index is 12.3. The Balaban J connectivity index is 1.87. The van der Waals surface area contributed by atoms with E-state index in [1.807, 2.05) is 24.3 Å². The summed E-state index contributed by atoms with van der Waals surface area (Å²) in [6, 6.07) is 7.36. The number of morpholine rings is 1. The van der Waals surface area contributed by atoms with Gasteiger partial charge in [-0.3, -0.25) is 9.69 Å². The summed E-state index contributed by atoms with van der Waals surface area (Å²) in [6.45, 7) is 9.55. The second-order valence-corrected chi connectivity index (χ2v) is 8.97. The lowest BCUT2D eigenvalue weighted by molar-refractivity contribution is -0.144. The number of alkyl carbamates (subject to hydrolysis) is 1. The van der Waals surface area contributed by atoms with Crippen molar-refractivity contribution in [2.24, 2.45) is 0 Å². The molecule has 1 aliphatic heterocycles. The number of nitrogens with one attached hydrogen (secondary N) is 1. The van der Waals surface area contributed by atoms with Crippen molar-refractivity contribution in [1.82, 2.24) is 10.2 Å². The van der Waals surface area contributed by atoms with E-state index >= 15 is 0 Å². The minimum Gasteiger partial charge on any atom is -0.464 e. The van der Waals surface area contributed by atoms with Gasteiger partial charge in [-0.2, -0.15) is 0 Å². The van der Waals surface area contributed by atoms with Crippen LogP contribution in [0.1, 0.15) is 32.8 Å². The predicted molar refractivity (Wildman–Crippen MR) is 114 cm³/mol. The molecule has 0 aliphatic carbocycles. The molecule has 1 N–H and O–H groups in total. The van der Waals surface area contributed by atoms with Crippen LogP contribution in [0.15, 0.2) is 28.7 Å². The van der Waals surface area contributed by atoms with Crippen LogP contribution in [0, 0.1) is 0 Å². The third-order valence-electron chi connectivity index (χ3n) is 4.30. The van der Waals surface area contributed by atoms with Gasteiger partial charge in [0, 0.05) is 30.1 Å². The van der Waals surface area contributed by atoms with Crippen molar-refractivity contribution in [3.05, 3.63) is 34.3 Å². The quantitative estimate of drug-likeness (QED) is 0.588. The van der Waals surface area contributed by atoms with Crippen molar-refractivity contribution in [3.8, 4) is 0 Å². The molecule has 1 aromatic rings. The molecule has 0 saturated carbocycles. The Morgan fingerprint density at radius 3 is 2.48 bits per heavy atom. The molecular formula is C21H31BrN2O5. The van der Waals surface area contributed by atoms with E-state index < -0.39 is 17.7 Å². The normalized spacial score (nSPS) is 16.1. The van der Waals surface area contributed by atoms with Gasteiger partial charge in [-0.25, -0.2) is 4.79 Å². The molecule has 0 bridgehead atoms. The van der Waals surface area contributed by atoms with Crippen LogP contribution in [-0.2, 0) is 25.4 Å². The van der Waals surface area contributed by atoms with Gasteiger partial charge in [-0.1, -0.05) is 28.1 Å². The minimum absolute atomic E-state index is 0.0818. The highest BCUT2D eigenvalue weighted by Gasteiger charge is 2.22. The van der Waals surface area contributed by atoms with E-state index in [1.165, 1.54) is 0 Å². The molecule has 0 aromatic heterocycles. The number of carbonyl (C=O) groups excluding carboxylic acids is 2. The third kappa shape index (κ3) is 10.1. The number of halogens is 1. The molecular weight excluding hydrogens is 440 g/mol. The van der Waals surface area contributed by atoms with Crippen molar-refractivity contribution in [3.63, 3.8) is 0 Å². The number of nitrogens with zero attached hydrogens (tertiary/aromatic N) is 1. The average Bonchev–Trinajstić information content (AvgIpc) is 2.63. The van der Waals surface area contributed by atoms with Crippen molar-refractivity contribution in [2.75, 3.05) is 39.5 Å². The molecule has 7 nitrogen and oxygen atoms in total. The zero-order chi connectivity index (χ0) is 21.3. The smallest absolute Gasteiger partial charge is 0.407 e. The monoisotopic (exact) mass is 470 g/mol. The van der Waals surface area contributed by atoms with Crippen LogP contribution in [0.4, 0.5) is 4.79 Å². The molecule has 0 unspecified atom stereocenters. The minimum atomic E-state index is -0.606. The molecule has 1 amide bonds. The first-order valence-electron chi connectivity index (χ1n) is 9.91. The molecule has 0 spiro atoms. The van der Waals surface area contributed by atoms with Gasteiger partial charge in [-0.15, -0.1) is 0 Å².